The molecule has 12 heterocycles. The molecule has 0 saturated carbocycles. The molecule has 0 bridgehead atoms. The maximum Gasteiger partial charge on any atom is 0.119 e. The summed E-state index contributed by atoms with van der Waals surface area (Å²) in [5, 5.41) is 0. The van der Waals surface area contributed by atoms with E-state index in [1.54, 1.807) is 0 Å². The Morgan fingerprint density at radius 3 is 0.622 bits per heavy atom. The third-order valence-electron chi connectivity index (χ3n) is 30.6. The molecule has 13 aromatic rings. The average molecular weight is 2030 g/mol. The van der Waals surface area contributed by atoms with E-state index in [0.29, 0.717) is 42.1 Å². The summed E-state index contributed by atoms with van der Waals surface area (Å²) >= 11 is 0. The molecule has 6 aromatic heterocycles. The Hall–Kier alpha value is -9.36. The van der Waals surface area contributed by atoms with Crippen LogP contribution in [0, 0.1) is 0 Å². The van der Waals surface area contributed by atoms with Crippen LogP contribution in [-0.4, -0.2) is 304 Å². The Bertz CT molecular complexity index is 5580. The highest BCUT2D eigenvalue weighted by atomic mass is 16.5. The average Bonchev–Trinajstić information content (AvgIpc) is 1.67. The normalized spacial score (nSPS) is 16.7. The quantitative estimate of drug-likeness (QED) is 0.0326. The fourth-order valence-corrected chi connectivity index (χ4v) is 22.7. The summed E-state index contributed by atoms with van der Waals surface area (Å²) in [6.45, 7) is 61.6. The predicted molar refractivity (Wildman–Crippen MR) is 607 cm³/mol. The lowest BCUT2D eigenvalue weighted by molar-refractivity contribution is 0.0933. The lowest BCUT2D eigenvalue weighted by Gasteiger charge is -2.31. The first-order chi connectivity index (χ1) is 73.0. The highest BCUT2D eigenvalue weighted by Crippen LogP contribution is 2.38. The van der Waals surface area contributed by atoms with Crippen LogP contribution in [0.3, 0.4) is 0 Å². The summed E-state index contributed by atoms with van der Waals surface area (Å²) in [5.74, 6) is 11.8. The number of para-hydroxylation sites is 13. The van der Waals surface area contributed by atoms with Crippen molar-refractivity contribution >= 4 is 66.2 Å². The molecule has 6 fully saturated rings. The Balaban J connectivity index is 0.000000140. The highest BCUT2D eigenvalue weighted by molar-refractivity contribution is 5.80. The largest absolute Gasteiger partial charge is 0.492 e. The summed E-state index contributed by atoms with van der Waals surface area (Å²) in [6.07, 6.45) is 21.9. The van der Waals surface area contributed by atoms with Crippen LogP contribution in [0.25, 0.3) is 66.2 Å². The molecule has 0 atom stereocenters. The minimum Gasteiger partial charge on any atom is -0.492 e. The number of rotatable bonds is 48. The minimum absolute atomic E-state index is 0.502. The van der Waals surface area contributed by atoms with Gasteiger partial charge in [-0.1, -0.05) is 132 Å². The second-order valence-electron chi connectivity index (χ2n) is 40.7. The van der Waals surface area contributed by atoms with Gasteiger partial charge in [-0.15, -0.1) is 0 Å². The first kappa shape index (κ1) is 114. The maximum absolute atomic E-state index is 5.97. The predicted octanol–water partition coefficient (Wildman–Crippen LogP) is 23.0. The molecule has 0 aliphatic carbocycles. The van der Waals surface area contributed by atoms with Crippen LogP contribution in [0.15, 0.2) is 176 Å². The van der Waals surface area contributed by atoms with Crippen LogP contribution >= 0.6 is 0 Å². The van der Waals surface area contributed by atoms with Crippen LogP contribution in [-0.2, 0) is 72.4 Å². The molecule has 808 valence electrons. The number of hydrogen-bond acceptors (Lipinski definition) is 20. The molecule has 0 spiro atoms. The van der Waals surface area contributed by atoms with E-state index in [1.165, 1.54) is 243 Å². The number of aromatic nitrogens is 12. The number of imidazole rings is 6. The number of piperidine rings is 6. The molecule has 6 aliphatic heterocycles. The molecule has 0 radical (unpaired) electrons. The van der Waals surface area contributed by atoms with Gasteiger partial charge in [-0.05, 0) is 340 Å². The summed E-state index contributed by atoms with van der Waals surface area (Å²) in [7, 11) is 0. The van der Waals surface area contributed by atoms with Crippen molar-refractivity contribution in [1.82, 2.24) is 86.7 Å². The van der Waals surface area contributed by atoms with Gasteiger partial charge in [0.25, 0.3) is 0 Å². The standard InChI is InChI=1S/C24H31N3O2.C21H33N3O2.C20H31N3O.3C19H29N3O/c1-2-28-18-16-26-14-12-20(13-15-26)24-25-22-10-6-7-11-23(22)27(24)17-19-29-21-8-4-3-5-9-21;1-3-15-26-16-13-23-11-9-18(10-12-23)21-22-19-7-5-6-8-20(19)24(21)14-17-25-4-2;1-3-5-12-22-13-10-17(11-14-22)20-21-18-8-6-7-9-19(18)23(20)15-16-24-4-2;3*1-3-11-21-12-9-16(10-13-21)19-20-17-7-5-6-8-18(17)22(19)14-15-23-4-2/h3-11,20H,2,12-19H2,1H3;5-8,18H,3-4,9-17H2,1-2H3;6-9,17H,3-5,10-16H2,1-2H3;3*5-8,16H,3-4,9-15H2,1-2H3. The monoisotopic (exact) mass is 2030 g/mol. The minimum atomic E-state index is 0.502. The van der Waals surface area contributed by atoms with Crippen LogP contribution in [0.2, 0.25) is 0 Å². The van der Waals surface area contributed by atoms with E-state index in [4.69, 9.17) is 67.8 Å². The zero-order chi connectivity index (χ0) is 103. The van der Waals surface area contributed by atoms with Crippen molar-refractivity contribution in [2.45, 2.75) is 267 Å². The van der Waals surface area contributed by atoms with E-state index in [0.717, 1.165) is 229 Å². The number of likely N-dealkylation sites (tertiary alicyclic amines) is 6. The van der Waals surface area contributed by atoms with Gasteiger partial charge in [-0.25, -0.2) is 29.9 Å². The van der Waals surface area contributed by atoms with Gasteiger partial charge in [0, 0.05) is 128 Å². The molecule has 26 heteroatoms. The lowest BCUT2D eigenvalue weighted by atomic mass is 9.95. The number of nitrogens with zero attached hydrogens (tertiary/aromatic N) is 18. The van der Waals surface area contributed by atoms with Gasteiger partial charge < -0.3 is 94.7 Å². The molecule has 0 N–H and O–H groups in total. The summed E-state index contributed by atoms with van der Waals surface area (Å²) in [4.78, 5) is 45.4. The third-order valence-corrected chi connectivity index (χ3v) is 30.6. The summed E-state index contributed by atoms with van der Waals surface area (Å²) in [6, 6.07) is 61.0. The molecule has 6 aliphatic rings. The Morgan fingerprint density at radius 1 is 0.196 bits per heavy atom. The molecule has 148 heavy (non-hydrogen) atoms. The van der Waals surface area contributed by atoms with Gasteiger partial charge in [0.15, 0.2) is 0 Å². The van der Waals surface area contributed by atoms with Crippen molar-refractivity contribution in [3.63, 3.8) is 0 Å². The van der Waals surface area contributed by atoms with Crippen LogP contribution in [0.1, 0.15) is 262 Å². The van der Waals surface area contributed by atoms with E-state index in [2.05, 4.69) is 272 Å². The van der Waals surface area contributed by atoms with Crippen LogP contribution in [0.5, 0.6) is 5.75 Å². The molecule has 6 saturated heterocycles. The van der Waals surface area contributed by atoms with Gasteiger partial charge in [-0.3, -0.25) is 0 Å². The van der Waals surface area contributed by atoms with Gasteiger partial charge in [0.05, 0.1) is 119 Å². The van der Waals surface area contributed by atoms with Crippen LogP contribution in [0.4, 0.5) is 0 Å². The number of hydrogen-bond donors (Lipinski definition) is 0. The molecular weight excluding hydrogens is 1850 g/mol. The van der Waals surface area contributed by atoms with E-state index >= 15 is 0 Å². The number of fused-ring (bicyclic) bond motifs is 6. The van der Waals surface area contributed by atoms with E-state index in [9.17, 15) is 0 Å². The topological polar surface area (TPSA) is 200 Å². The van der Waals surface area contributed by atoms with E-state index in [1.807, 2.05) is 37.3 Å². The smallest absolute Gasteiger partial charge is 0.119 e. The molecule has 0 amide bonds. The van der Waals surface area contributed by atoms with Crippen molar-refractivity contribution in [3.05, 3.63) is 211 Å². The molecular formula is C122H182N18O8. The number of ether oxygens (including phenoxy) is 8. The SMILES string of the molecule is CCCCN1CCC(c2nc3ccccc3n2CCOCC)CC1.CCCN1CCC(c2nc3ccccc3n2CCOCC)CC1.CCCN1CCC(c2nc3ccccc3n2CCOCC)CC1.CCCN1CCC(c2nc3ccccc3n2CCOCC)CC1.CCCOCCN1CCC(c2nc3ccccc3n2CCOCC)CC1.CCOCCN1CCC(c2nc3ccccc3n2CCOc2ccccc2)CC1. The van der Waals surface area contributed by atoms with Gasteiger partial charge in [0.1, 0.15) is 47.3 Å². The van der Waals surface area contributed by atoms with E-state index in [-0.39, 0.29) is 0 Å². The Kier molecular flexibility index (Phi) is 48.8. The van der Waals surface area contributed by atoms with Gasteiger partial charge >= 0.3 is 0 Å². The van der Waals surface area contributed by atoms with Crippen molar-refractivity contribution < 1.29 is 37.9 Å². The first-order valence-electron chi connectivity index (χ1n) is 57.8. The zero-order valence-electron chi connectivity index (χ0n) is 92.3. The molecule has 0 unspecified atom stereocenters. The number of benzene rings is 7. The van der Waals surface area contributed by atoms with Gasteiger partial charge in [0.2, 0.25) is 0 Å². The van der Waals surface area contributed by atoms with Crippen LogP contribution < -0.4 is 4.74 Å². The number of unbranched alkanes of at least 4 members (excludes halogenated alkanes) is 1. The van der Waals surface area contributed by atoms with Crippen molar-refractivity contribution in [2.75, 3.05) is 217 Å². The lowest BCUT2D eigenvalue weighted by Crippen LogP contribution is -2.36. The zero-order valence-corrected chi connectivity index (χ0v) is 92.3. The second-order valence-corrected chi connectivity index (χ2v) is 40.7. The highest BCUT2D eigenvalue weighted by Gasteiger charge is 2.33. The molecule has 19 rings (SSSR count). The molecule has 7 aromatic carbocycles. The fraction of sp³-hybridized carbons (Fsp3) is 0.607. The Morgan fingerprint density at radius 2 is 0.399 bits per heavy atom. The maximum atomic E-state index is 5.97. The second kappa shape index (κ2) is 63.2. The third kappa shape index (κ3) is 33.1. The fourth-order valence-electron chi connectivity index (χ4n) is 22.7. The first-order valence-corrected chi connectivity index (χ1v) is 57.8. The van der Waals surface area contributed by atoms with Crippen molar-refractivity contribution in [2.24, 2.45) is 0 Å². The van der Waals surface area contributed by atoms with Gasteiger partial charge in [-0.2, -0.15) is 0 Å². The summed E-state index contributed by atoms with van der Waals surface area (Å²) in [5.41, 5.74) is 14.1. The molecule has 26 nitrogen and oxygen atoms in total. The summed E-state index contributed by atoms with van der Waals surface area (Å²) < 4.78 is 59.4. The van der Waals surface area contributed by atoms with E-state index < -0.39 is 0 Å². The van der Waals surface area contributed by atoms with Crippen molar-refractivity contribution in [3.8, 4) is 5.75 Å². The Labute approximate surface area is 885 Å². The van der Waals surface area contributed by atoms with Crippen molar-refractivity contribution in [1.29, 1.82) is 0 Å².